The van der Waals surface area contributed by atoms with Gasteiger partial charge < -0.3 is 4.90 Å². The van der Waals surface area contributed by atoms with Crippen LogP contribution in [0.5, 0.6) is 0 Å². The molecule has 1 heterocycles. The lowest BCUT2D eigenvalue weighted by molar-refractivity contribution is -0.136. The Morgan fingerprint density at radius 2 is 2.31 bits per heavy atom. The van der Waals surface area contributed by atoms with Crippen molar-refractivity contribution in [2.45, 2.75) is 26.3 Å². The number of rotatable bonds is 3. The van der Waals surface area contributed by atoms with Crippen LogP contribution in [0.4, 0.5) is 0 Å². The number of nitrogens with zero attached hydrogens (tertiary/aromatic N) is 4. The Balaban J connectivity index is 2.26. The predicted octanol–water partition coefficient (Wildman–Crippen LogP) is 1.55. The summed E-state index contributed by atoms with van der Waals surface area (Å²) in [6.07, 6.45) is 0.586. The molecular formula is C8H14N4O. The molecule has 1 amide bonds. The highest BCUT2D eigenvalue weighted by atomic mass is 16.2. The molecule has 0 unspecified atom stereocenters. The molecule has 0 atom stereocenters. The van der Waals surface area contributed by atoms with Crippen LogP contribution in [0.1, 0.15) is 20.3 Å². The van der Waals surface area contributed by atoms with Crippen molar-refractivity contribution in [2.75, 3.05) is 13.1 Å². The Morgan fingerprint density at radius 1 is 1.69 bits per heavy atom. The third-order valence-corrected chi connectivity index (χ3v) is 2.01. The Morgan fingerprint density at radius 3 is 2.77 bits per heavy atom. The van der Waals surface area contributed by atoms with E-state index in [0.29, 0.717) is 25.4 Å². The van der Waals surface area contributed by atoms with Crippen LogP contribution in [0.15, 0.2) is 5.11 Å². The average molecular weight is 182 g/mol. The molecule has 0 saturated carbocycles. The molecule has 0 aromatic heterocycles. The van der Waals surface area contributed by atoms with Crippen LogP contribution in [0.3, 0.4) is 0 Å². The standard InChI is InChI=1S/C8H14N4O/c1-6(2)3-8(13)12-4-7(5-12)10-11-9/h6-7H,3-5H2,1-2H3. The Kier molecular flexibility index (Phi) is 3.14. The smallest absolute Gasteiger partial charge is 0.222 e. The highest BCUT2D eigenvalue weighted by molar-refractivity contribution is 5.77. The lowest BCUT2D eigenvalue weighted by Gasteiger charge is -2.37. The molecule has 0 aromatic rings. The van der Waals surface area contributed by atoms with Crippen molar-refractivity contribution >= 4 is 5.91 Å². The minimum absolute atomic E-state index is 0.00103. The van der Waals surface area contributed by atoms with Gasteiger partial charge in [-0.1, -0.05) is 19.0 Å². The largest absolute Gasteiger partial charge is 0.342 e. The summed E-state index contributed by atoms with van der Waals surface area (Å²) in [6.45, 7) is 5.22. The molecule has 0 spiro atoms. The van der Waals surface area contributed by atoms with E-state index in [0.717, 1.165) is 0 Å². The number of hydrogen-bond donors (Lipinski definition) is 0. The van der Waals surface area contributed by atoms with Gasteiger partial charge >= 0.3 is 0 Å². The number of carbonyl (C=O) groups is 1. The van der Waals surface area contributed by atoms with Crippen LogP contribution in [-0.2, 0) is 4.79 Å². The molecule has 1 aliphatic heterocycles. The van der Waals surface area contributed by atoms with Gasteiger partial charge in [0.25, 0.3) is 0 Å². The molecule has 0 aliphatic carbocycles. The van der Waals surface area contributed by atoms with Gasteiger partial charge in [0.1, 0.15) is 0 Å². The lowest BCUT2D eigenvalue weighted by atomic mass is 10.1. The number of hydrogen-bond acceptors (Lipinski definition) is 2. The summed E-state index contributed by atoms with van der Waals surface area (Å²) >= 11 is 0. The summed E-state index contributed by atoms with van der Waals surface area (Å²) in [5.41, 5.74) is 8.13. The molecule has 0 aromatic carbocycles. The van der Waals surface area contributed by atoms with E-state index in [1.54, 1.807) is 4.90 Å². The first-order valence-corrected chi connectivity index (χ1v) is 4.45. The summed E-state index contributed by atoms with van der Waals surface area (Å²) in [7, 11) is 0. The van der Waals surface area contributed by atoms with Crippen molar-refractivity contribution in [1.29, 1.82) is 0 Å². The van der Waals surface area contributed by atoms with E-state index in [-0.39, 0.29) is 11.9 Å². The van der Waals surface area contributed by atoms with E-state index in [4.69, 9.17) is 5.53 Å². The summed E-state index contributed by atoms with van der Waals surface area (Å²) in [4.78, 5) is 15.8. The molecule has 5 nitrogen and oxygen atoms in total. The predicted molar refractivity (Wildman–Crippen MR) is 49.0 cm³/mol. The summed E-state index contributed by atoms with van der Waals surface area (Å²) < 4.78 is 0. The Bertz CT molecular complexity index is 239. The topological polar surface area (TPSA) is 69.1 Å². The van der Waals surface area contributed by atoms with Gasteiger partial charge in [-0.15, -0.1) is 0 Å². The number of carbonyl (C=O) groups excluding carboxylic acids is 1. The number of azide groups is 1. The van der Waals surface area contributed by atoms with Gasteiger partial charge in [0.05, 0.1) is 6.04 Å². The van der Waals surface area contributed by atoms with E-state index in [1.165, 1.54) is 0 Å². The first-order valence-electron chi connectivity index (χ1n) is 4.45. The van der Waals surface area contributed by atoms with Gasteiger partial charge in [0.2, 0.25) is 5.91 Å². The fourth-order valence-corrected chi connectivity index (χ4v) is 1.28. The second-order valence-electron chi connectivity index (χ2n) is 3.76. The van der Waals surface area contributed by atoms with Crippen LogP contribution in [0.25, 0.3) is 10.4 Å². The highest BCUT2D eigenvalue weighted by Crippen LogP contribution is 2.14. The summed E-state index contributed by atoms with van der Waals surface area (Å²) in [5, 5.41) is 3.53. The molecule has 1 rings (SSSR count). The van der Waals surface area contributed by atoms with Crippen LogP contribution in [-0.4, -0.2) is 29.9 Å². The van der Waals surface area contributed by atoms with E-state index >= 15 is 0 Å². The van der Waals surface area contributed by atoms with Crippen molar-refractivity contribution in [3.63, 3.8) is 0 Å². The minimum Gasteiger partial charge on any atom is -0.342 e. The second-order valence-corrected chi connectivity index (χ2v) is 3.76. The van der Waals surface area contributed by atoms with E-state index < -0.39 is 0 Å². The minimum atomic E-state index is 0.00103. The SMILES string of the molecule is CC(C)CC(=O)N1CC(N=[N+]=[N-])C1. The maximum Gasteiger partial charge on any atom is 0.222 e. The normalized spacial score (nSPS) is 16.7. The van der Waals surface area contributed by atoms with Gasteiger partial charge in [-0.25, -0.2) is 0 Å². The fourth-order valence-electron chi connectivity index (χ4n) is 1.28. The molecule has 0 radical (unpaired) electrons. The Hall–Kier alpha value is -1.22. The average Bonchev–Trinajstić information content (AvgIpc) is 1.93. The van der Waals surface area contributed by atoms with Gasteiger partial charge in [-0.3, -0.25) is 4.79 Å². The zero-order valence-corrected chi connectivity index (χ0v) is 7.97. The molecule has 1 fully saturated rings. The summed E-state index contributed by atoms with van der Waals surface area (Å²) in [6, 6.07) is 0.00103. The van der Waals surface area contributed by atoms with Gasteiger partial charge in [0, 0.05) is 24.4 Å². The van der Waals surface area contributed by atoms with E-state index in [2.05, 4.69) is 10.0 Å². The molecular weight excluding hydrogens is 168 g/mol. The van der Waals surface area contributed by atoms with Crippen molar-refractivity contribution in [2.24, 2.45) is 11.0 Å². The third-order valence-electron chi connectivity index (χ3n) is 2.01. The Labute approximate surface area is 77.3 Å². The number of amides is 1. The maximum absolute atomic E-state index is 11.4. The zero-order chi connectivity index (χ0) is 9.84. The fraction of sp³-hybridized carbons (Fsp3) is 0.875. The third kappa shape index (κ3) is 2.63. The molecule has 0 N–H and O–H groups in total. The maximum atomic E-state index is 11.4. The molecule has 0 bridgehead atoms. The van der Waals surface area contributed by atoms with Crippen LogP contribution < -0.4 is 0 Å². The van der Waals surface area contributed by atoms with E-state index in [1.807, 2.05) is 13.8 Å². The molecule has 72 valence electrons. The van der Waals surface area contributed by atoms with Gasteiger partial charge in [0.15, 0.2) is 0 Å². The van der Waals surface area contributed by atoms with Gasteiger partial charge in [-0.2, -0.15) is 0 Å². The molecule has 1 saturated heterocycles. The summed E-state index contributed by atoms with van der Waals surface area (Å²) in [5.74, 6) is 0.561. The second kappa shape index (κ2) is 4.14. The van der Waals surface area contributed by atoms with Crippen LogP contribution in [0, 0.1) is 5.92 Å². The quantitative estimate of drug-likeness (QED) is 0.371. The van der Waals surface area contributed by atoms with Crippen LogP contribution in [0.2, 0.25) is 0 Å². The van der Waals surface area contributed by atoms with Gasteiger partial charge in [-0.05, 0) is 11.4 Å². The van der Waals surface area contributed by atoms with Crippen molar-refractivity contribution in [1.82, 2.24) is 4.90 Å². The number of likely N-dealkylation sites (tertiary alicyclic amines) is 1. The molecule has 13 heavy (non-hydrogen) atoms. The molecule has 1 aliphatic rings. The monoisotopic (exact) mass is 182 g/mol. The zero-order valence-electron chi connectivity index (χ0n) is 7.97. The van der Waals surface area contributed by atoms with E-state index in [9.17, 15) is 4.79 Å². The van der Waals surface area contributed by atoms with Crippen molar-refractivity contribution in [3.05, 3.63) is 10.4 Å². The first-order chi connectivity index (χ1) is 6.13. The molecule has 5 heteroatoms. The van der Waals surface area contributed by atoms with Crippen molar-refractivity contribution in [3.8, 4) is 0 Å². The van der Waals surface area contributed by atoms with Crippen LogP contribution >= 0.6 is 0 Å². The highest BCUT2D eigenvalue weighted by Gasteiger charge is 2.29. The lowest BCUT2D eigenvalue weighted by Crippen LogP contribution is -2.52. The first kappa shape index (κ1) is 9.86. The van der Waals surface area contributed by atoms with Crippen molar-refractivity contribution < 1.29 is 4.79 Å².